The lowest BCUT2D eigenvalue weighted by Crippen LogP contribution is -1.98. The third-order valence-electron chi connectivity index (χ3n) is 4.79. The van der Waals surface area contributed by atoms with Crippen LogP contribution in [0.1, 0.15) is 27.8 Å². The second-order valence-electron chi connectivity index (χ2n) is 6.91. The molecule has 28 heavy (non-hydrogen) atoms. The fourth-order valence-corrected chi connectivity index (χ4v) is 3.98. The van der Waals surface area contributed by atoms with Gasteiger partial charge in [0.1, 0.15) is 0 Å². The van der Waals surface area contributed by atoms with Gasteiger partial charge in [0.15, 0.2) is 0 Å². The summed E-state index contributed by atoms with van der Waals surface area (Å²) in [6, 6.07) is 38.4. The number of aryl methyl sites for hydroxylation is 1. The first kappa shape index (κ1) is 18.3. The molecule has 0 radical (unpaired) electrons. The number of thiol groups is 1. The minimum Gasteiger partial charge on any atom is -0.143 e. The molecule has 4 aromatic rings. The first-order chi connectivity index (χ1) is 13.7. The molecule has 0 saturated carbocycles. The van der Waals surface area contributed by atoms with E-state index in [1.807, 2.05) is 0 Å². The van der Waals surface area contributed by atoms with Crippen LogP contribution in [0.15, 0.2) is 114 Å². The molecule has 0 bridgehead atoms. The Morgan fingerprint density at radius 2 is 0.893 bits per heavy atom. The molecule has 0 N–H and O–H groups in total. The van der Waals surface area contributed by atoms with E-state index < -0.39 is 0 Å². The Balaban J connectivity index is 2.12. The van der Waals surface area contributed by atoms with Crippen LogP contribution in [-0.2, 0) is 0 Å². The van der Waals surface area contributed by atoms with Crippen molar-refractivity contribution in [3.8, 4) is 0 Å². The molecule has 136 valence electrons. The second-order valence-corrected chi connectivity index (χ2v) is 7.42. The molecule has 0 unspecified atom stereocenters. The Hall–Kier alpha value is -3.03. The number of hydrogen-bond donors (Lipinski definition) is 1. The topological polar surface area (TPSA) is 0 Å². The zero-order valence-electron chi connectivity index (χ0n) is 15.8. The number of benzene rings is 4. The van der Waals surface area contributed by atoms with E-state index in [4.69, 9.17) is 0 Å². The van der Waals surface area contributed by atoms with Crippen molar-refractivity contribution in [2.24, 2.45) is 0 Å². The Bertz CT molecular complexity index is 1030. The minimum atomic E-state index is 0.976. The van der Waals surface area contributed by atoms with Crippen LogP contribution >= 0.6 is 12.6 Å². The van der Waals surface area contributed by atoms with Gasteiger partial charge >= 0.3 is 0 Å². The normalized spacial score (nSPS) is 10.5. The lowest BCUT2D eigenvalue weighted by molar-refractivity contribution is 1.34. The summed E-state index contributed by atoms with van der Waals surface area (Å²) in [5.41, 5.74) is 8.44. The predicted molar refractivity (Wildman–Crippen MR) is 123 cm³/mol. The molecule has 0 heterocycles. The molecule has 0 aliphatic carbocycles. The van der Waals surface area contributed by atoms with Gasteiger partial charge in [0.2, 0.25) is 0 Å². The maximum absolute atomic E-state index is 4.65. The Kier molecular flexibility index (Phi) is 5.45. The predicted octanol–water partition coefficient (Wildman–Crippen LogP) is 7.29. The standard InChI is InChI=1S/C27H22S/c1-20-17-24(19-25(28)18-20)27(23-15-9-4-10-16-23)26(21-11-5-2-6-12-21)22-13-7-3-8-14-22/h2-19,28H,1H3. The van der Waals surface area contributed by atoms with Crippen LogP contribution < -0.4 is 0 Å². The van der Waals surface area contributed by atoms with E-state index >= 15 is 0 Å². The molecule has 4 rings (SSSR count). The molecule has 0 aromatic heterocycles. The SMILES string of the molecule is Cc1cc(S)cc(C(=C(c2ccccc2)c2ccccc2)c2ccccc2)c1. The van der Waals surface area contributed by atoms with E-state index in [1.54, 1.807) is 0 Å². The van der Waals surface area contributed by atoms with Crippen molar-refractivity contribution in [2.45, 2.75) is 11.8 Å². The maximum atomic E-state index is 4.65. The summed E-state index contributed by atoms with van der Waals surface area (Å²) in [6.45, 7) is 2.12. The first-order valence-corrected chi connectivity index (χ1v) is 9.88. The van der Waals surface area contributed by atoms with Gasteiger partial charge in [0, 0.05) is 4.90 Å². The number of hydrogen-bond acceptors (Lipinski definition) is 1. The fraction of sp³-hybridized carbons (Fsp3) is 0.0370. The van der Waals surface area contributed by atoms with Crippen LogP contribution in [0.5, 0.6) is 0 Å². The largest absolute Gasteiger partial charge is 0.143 e. The van der Waals surface area contributed by atoms with Gasteiger partial charge in [-0.3, -0.25) is 0 Å². The van der Waals surface area contributed by atoms with Gasteiger partial charge in [0.25, 0.3) is 0 Å². The van der Waals surface area contributed by atoms with Crippen LogP contribution in [0.2, 0.25) is 0 Å². The van der Waals surface area contributed by atoms with Crippen LogP contribution in [0.4, 0.5) is 0 Å². The fourth-order valence-electron chi connectivity index (χ4n) is 3.63. The zero-order valence-corrected chi connectivity index (χ0v) is 16.7. The van der Waals surface area contributed by atoms with Crippen LogP contribution in [0, 0.1) is 6.92 Å². The molecule has 0 fully saturated rings. The summed E-state index contributed by atoms with van der Waals surface area (Å²) in [6.07, 6.45) is 0. The summed E-state index contributed by atoms with van der Waals surface area (Å²) in [5, 5.41) is 0. The minimum absolute atomic E-state index is 0.976. The molecule has 0 amide bonds. The van der Waals surface area contributed by atoms with Crippen molar-refractivity contribution < 1.29 is 0 Å². The lowest BCUT2D eigenvalue weighted by Gasteiger charge is -2.18. The Labute approximate surface area is 172 Å². The molecule has 1 heteroatoms. The van der Waals surface area contributed by atoms with Crippen LogP contribution in [-0.4, -0.2) is 0 Å². The van der Waals surface area contributed by atoms with Gasteiger partial charge < -0.3 is 0 Å². The molecule has 0 aliphatic heterocycles. The summed E-state index contributed by atoms with van der Waals surface area (Å²) < 4.78 is 0. The average molecular weight is 379 g/mol. The second kappa shape index (κ2) is 8.33. The maximum Gasteiger partial charge on any atom is 0.00487 e. The monoisotopic (exact) mass is 378 g/mol. The van der Waals surface area contributed by atoms with Crippen molar-refractivity contribution in [3.63, 3.8) is 0 Å². The highest BCUT2D eigenvalue weighted by molar-refractivity contribution is 7.80. The quantitative estimate of drug-likeness (QED) is 0.280. The average Bonchev–Trinajstić information content (AvgIpc) is 2.73. The molecule has 4 aromatic carbocycles. The zero-order chi connectivity index (χ0) is 19.3. The first-order valence-electron chi connectivity index (χ1n) is 9.44. The highest BCUT2D eigenvalue weighted by atomic mass is 32.1. The van der Waals surface area contributed by atoms with Crippen LogP contribution in [0.25, 0.3) is 11.1 Å². The molecule has 0 saturated heterocycles. The van der Waals surface area contributed by atoms with Gasteiger partial charge in [0.05, 0.1) is 0 Å². The van der Waals surface area contributed by atoms with Gasteiger partial charge in [-0.2, -0.15) is 0 Å². The van der Waals surface area contributed by atoms with Gasteiger partial charge in [-0.05, 0) is 58.0 Å². The summed E-state index contributed by atoms with van der Waals surface area (Å²) in [4.78, 5) is 0.976. The van der Waals surface area contributed by atoms with Crippen molar-refractivity contribution in [3.05, 3.63) is 137 Å². The number of rotatable bonds is 4. The van der Waals surface area contributed by atoms with Gasteiger partial charge in [-0.15, -0.1) is 12.6 Å². The van der Waals surface area contributed by atoms with Gasteiger partial charge in [-0.25, -0.2) is 0 Å². The van der Waals surface area contributed by atoms with E-state index in [-0.39, 0.29) is 0 Å². The van der Waals surface area contributed by atoms with Crippen molar-refractivity contribution in [2.75, 3.05) is 0 Å². The summed E-state index contributed by atoms with van der Waals surface area (Å²) in [7, 11) is 0. The van der Waals surface area contributed by atoms with Crippen molar-refractivity contribution in [1.29, 1.82) is 0 Å². The van der Waals surface area contributed by atoms with Crippen molar-refractivity contribution in [1.82, 2.24) is 0 Å². The molecular formula is C27H22S. The molecule has 0 nitrogen and oxygen atoms in total. The van der Waals surface area contributed by atoms with E-state index in [9.17, 15) is 0 Å². The summed E-state index contributed by atoms with van der Waals surface area (Å²) in [5.74, 6) is 0. The third-order valence-corrected chi connectivity index (χ3v) is 5.05. The molecular weight excluding hydrogens is 356 g/mol. The Morgan fingerprint density at radius 1 is 0.500 bits per heavy atom. The Morgan fingerprint density at radius 3 is 1.29 bits per heavy atom. The van der Waals surface area contributed by atoms with Crippen LogP contribution in [0.3, 0.4) is 0 Å². The van der Waals surface area contributed by atoms with Gasteiger partial charge in [-0.1, -0.05) is 97.1 Å². The lowest BCUT2D eigenvalue weighted by atomic mass is 9.85. The summed E-state index contributed by atoms with van der Waals surface area (Å²) >= 11 is 4.65. The highest BCUT2D eigenvalue weighted by Crippen LogP contribution is 2.37. The molecule has 0 aliphatic rings. The van der Waals surface area contributed by atoms with Crippen molar-refractivity contribution >= 4 is 23.8 Å². The molecule has 0 atom stereocenters. The van der Waals surface area contributed by atoms with E-state index in [0.29, 0.717) is 0 Å². The van der Waals surface area contributed by atoms with E-state index in [2.05, 4.69) is 129 Å². The third kappa shape index (κ3) is 3.95. The van der Waals surface area contributed by atoms with E-state index in [1.165, 1.54) is 39.0 Å². The van der Waals surface area contributed by atoms with E-state index in [0.717, 1.165) is 4.90 Å². The highest BCUT2D eigenvalue weighted by Gasteiger charge is 2.16. The molecule has 0 spiro atoms. The smallest absolute Gasteiger partial charge is 0.00487 e.